The van der Waals surface area contributed by atoms with Gasteiger partial charge in [-0.15, -0.1) is 0 Å². The summed E-state index contributed by atoms with van der Waals surface area (Å²) in [5.74, 6) is -1.45. The zero-order valence-corrected chi connectivity index (χ0v) is 15.4. The molecular weight excluding hydrogens is 356 g/mol. The number of methoxy groups -OCH3 is 3. The minimum atomic E-state index is -0.811. The first-order valence-electron chi connectivity index (χ1n) is 7.84. The lowest BCUT2D eigenvalue weighted by Crippen LogP contribution is -2.35. The second-order valence-corrected chi connectivity index (χ2v) is 5.34. The van der Waals surface area contributed by atoms with Crippen molar-refractivity contribution in [1.29, 1.82) is 0 Å². The van der Waals surface area contributed by atoms with E-state index in [4.69, 9.17) is 18.9 Å². The van der Waals surface area contributed by atoms with E-state index in [0.29, 0.717) is 11.4 Å². The molecule has 144 valence electrons. The summed E-state index contributed by atoms with van der Waals surface area (Å²) >= 11 is 0. The monoisotopic (exact) mass is 376 g/mol. The molecule has 2 aromatic rings. The van der Waals surface area contributed by atoms with E-state index in [9.17, 15) is 14.4 Å². The molecule has 27 heavy (non-hydrogen) atoms. The summed E-state index contributed by atoms with van der Waals surface area (Å²) in [6.45, 7) is -0.632. The van der Waals surface area contributed by atoms with Gasteiger partial charge < -0.3 is 23.5 Å². The molecule has 9 nitrogen and oxygen atoms in total. The molecule has 2 rings (SSSR count). The number of nitrogens with zero attached hydrogens (tertiary/aromatic N) is 1. The molecule has 9 heteroatoms. The Kier molecular flexibility index (Phi) is 6.42. The number of aromatic nitrogens is 1. The normalized spacial score (nSPS) is 10.1. The zero-order chi connectivity index (χ0) is 20.0. The van der Waals surface area contributed by atoms with Crippen LogP contribution in [0.5, 0.6) is 17.2 Å². The Morgan fingerprint density at radius 3 is 2.26 bits per heavy atom. The lowest BCUT2D eigenvalue weighted by atomic mass is 10.1. The number of rotatable bonds is 7. The summed E-state index contributed by atoms with van der Waals surface area (Å²) in [6, 6.07) is 6.17. The molecule has 0 atom stereocenters. The van der Waals surface area contributed by atoms with Crippen LogP contribution in [-0.2, 0) is 16.6 Å². The molecule has 0 aliphatic rings. The lowest BCUT2D eigenvalue weighted by Gasteiger charge is -2.15. The van der Waals surface area contributed by atoms with Gasteiger partial charge in [-0.2, -0.15) is 0 Å². The summed E-state index contributed by atoms with van der Waals surface area (Å²) in [6.07, 6.45) is 1.67. The highest BCUT2D eigenvalue weighted by Crippen LogP contribution is 2.39. The number of amides is 2. The third-order valence-corrected chi connectivity index (χ3v) is 3.69. The number of benzene rings is 1. The fourth-order valence-corrected chi connectivity index (χ4v) is 2.39. The standard InChI is InChI=1S/C18H20N2O7/c1-20-9-5-6-12(20)17(22)19-14(21)10-27-18(23)11-7-8-13(24-2)16(26-4)15(11)25-3/h5-9H,10H2,1-4H3,(H,19,21,22). The fraction of sp³-hybridized carbons (Fsp3) is 0.278. The molecule has 0 unspecified atom stereocenters. The van der Waals surface area contributed by atoms with E-state index in [1.54, 1.807) is 29.9 Å². The van der Waals surface area contributed by atoms with Crippen molar-refractivity contribution < 1.29 is 33.3 Å². The van der Waals surface area contributed by atoms with Crippen LogP contribution in [0.3, 0.4) is 0 Å². The van der Waals surface area contributed by atoms with Crippen LogP contribution in [0.15, 0.2) is 30.5 Å². The van der Waals surface area contributed by atoms with Crippen molar-refractivity contribution in [1.82, 2.24) is 9.88 Å². The Morgan fingerprint density at radius 2 is 1.70 bits per heavy atom. The van der Waals surface area contributed by atoms with E-state index >= 15 is 0 Å². The van der Waals surface area contributed by atoms with Crippen LogP contribution in [0.4, 0.5) is 0 Å². The van der Waals surface area contributed by atoms with Crippen LogP contribution >= 0.6 is 0 Å². The van der Waals surface area contributed by atoms with Crippen LogP contribution in [0.2, 0.25) is 0 Å². The van der Waals surface area contributed by atoms with Gasteiger partial charge in [0.1, 0.15) is 11.3 Å². The zero-order valence-electron chi connectivity index (χ0n) is 15.4. The Bertz CT molecular complexity index is 857. The van der Waals surface area contributed by atoms with Gasteiger partial charge >= 0.3 is 5.97 Å². The SMILES string of the molecule is COc1ccc(C(=O)OCC(=O)NC(=O)c2cccn2C)c(OC)c1OC. The summed E-state index contributed by atoms with van der Waals surface area (Å²) in [4.78, 5) is 36.1. The molecule has 1 N–H and O–H groups in total. The van der Waals surface area contributed by atoms with Crippen LogP contribution in [0, 0.1) is 0 Å². The van der Waals surface area contributed by atoms with Crippen LogP contribution in [-0.4, -0.2) is 50.3 Å². The van der Waals surface area contributed by atoms with Gasteiger partial charge in [0, 0.05) is 13.2 Å². The maximum atomic E-state index is 12.3. The van der Waals surface area contributed by atoms with Crippen molar-refractivity contribution in [2.45, 2.75) is 0 Å². The Morgan fingerprint density at radius 1 is 1.00 bits per heavy atom. The van der Waals surface area contributed by atoms with Gasteiger partial charge in [0.05, 0.1) is 21.3 Å². The number of ether oxygens (including phenoxy) is 4. The van der Waals surface area contributed by atoms with Gasteiger partial charge in [0.15, 0.2) is 18.1 Å². The first-order valence-corrected chi connectivity index (χ1v) is 7.84. The van der Waals surface area contributed by atoms with Crippen LogP contribution in [0.25, 0.3) is 0 Å². The minimum absolute atomic E-state index is 0.0525. The molecule has 0 saturated heterocycles. The lowest BCUT2D eigenvalue weighted by molar-refractivity contribution is -0.123. The third-order valence-electron chi connectivity index (χ3n) is 3.69. The van der Waals surface area contributed by atoms with Crippen molar-refractivity contribution in [2.24, 2.45) is 7.05 Å². The molecule has 1 heterocycles. The van der Waals surface area contributed by atoms with Gasteiger partial charge in [-0.25, -0.2) is 4.79 Å². The third kappa shape index (κ3) is 4.38. The van der Waals surface area contributed by atoms with Gasteiger partial charge in [0.25, 0.3) is 11.8 Å². The molecule has 2 amide bonds. The molecule has 0 spiro atoms. The fourth-order valence-electron chi connectivity index (χ4n) is 2.39. The molecule has 0 bridgehead atoms. The largest absolute Gasteiger partial charge is 0.493 e. The maximum Gasteiger partial charge on any atom is 0.342 e. The van der Waals surface area contributed by atoms with E-state index in [1.165, 1.54) is 33.5 Å². The first-order chi connectivity index (χ1) is 12.9. The summed E-state index contributed by atoms with van der Waals surface area (Å²) in [7, 11) is 5.88. The van der Waals surface area contributed by atoms with Crippen molar-refractivity contribution >= 4 is 17.8 Å². The van der Waals surface area contributed by atoms with Gasteiger partial charge in [-0.1, -0.05) is 0 Å². The predicted molar refractivity (Wildman–Crippen MR) is 94.3 cm³/mol. The average Bonchev–Trinajstić information content (AvgIpc) is 3.10. The maximum absolute atomic E-state index is 12.3. The Balaban J connectivity index is 2.04. The number of hydrogen-bond donors (Lipinski definition) is 1. The van der Waals surface area contributed by atoms with E-state index in [0.717, 1.165) is 0 Å². The molecule has 0 fully saturated rings. The molecule has 0 saturated carbocycles. The quantitative estimate of drug-likeness (QED) is 0.723. The number of aryl methyl sites for hydroxylation is 1. The number of hydrogen-bond acceptors (Lipinski definition) is 7. The second kappa shape index (κ2) is 8.75. The Labute approximate surface area is 155 Å². The van der Waals surface area contributed by atoms with Crippen molar-refractivity contribution in [3.63, 3.8) is 0 Å². The van der Waals surface area contributed by atoms with E-state index in [2.05, 4.69) is 5.32 Å². The molecular formula is C18H20N2O7. The van der Waals surface area contributed by atoms with E-state index in [1.807, 2.05) is 0 Å². The van der Waals surface area contributed by atoms with Gasteiger partial charge in [0.2, 0.25) is 5.75 Å². The van der Waals surface area contributed by atoms with Crippen molar-refractivity contribution in [3.8, 4) is 17.2 Å². The van der Waals surface area contributed by atoms with Crippen molar-refractivity contribution in [2.75, 3.05) is 27.9 Å². The summed E-state index contributed by atoms with van der Waals surface area (Å²) < 4.78 is 22.1. The summed E-state index contributed by atoms with van der Waals surface area (Å²) in [5.41, 5.74) is 0.355. The predicted octanol–water partition coefficient (Wildman–Crippen LogP) is 1.16. The first kappa shape index (κ1) is 19.8. The molecule has 0 aliphatic heterocycles. The molecule has 0 radical (unpaired) electrons. The minimum Gasteiger partial charge on any atom is -0.493 e. The van der Waals surface area contributed by atoms with Crippen LogP contribution in [0.1, 0.15) is 20.8 Å². The highest BCUT2D eigenvalue weighted by molar-refractivity contribution is 6.05. The van der Waals surface area contributed by atoms with Gasteiger partial charge in [-0.05, 0) is 24.3 Å². The molecule has 0 aliphatic carbocycles. The van der Waals surface area contributed by atoms with E-state index < -0.39 is 24.4 Å². The number of esters is 1. The van der Waals surface area contributed by atoms with Gasteiger partial charge in [-0.3, -0.25) is 14.9 Å². The highest BCUT2D eigenvalue weighted by Gasteiger charge is 2.23. The van der Waals surface area contributed by atoms with Crippen molar-refractivity contribution in [3.05, 3.63) is 41.7 Å². The summed E-state index contributed by atoms with van der Waals surface area (Å²) in [5, 5.41) is 2.15. The Hall–Kier alpha value is -3.49. The van der Waals surface area contributed by atoms with Crippen LogP contribution < -0.4 is 19.5 Å². The molecule has 1 aromatic carbocycles. The number of carbonyl (C=O) groups excluding carboxylic acids is 3. The number of imide groups is 1. The molecule has 1 aromatic heterocycles. The highest BCUT2D eigenvalue weighted by atomic mass is 16.5. The smallest absolute Gasteiger partial charge is 0.342 e. The number of nitrogens with one attached hydrogen (secondary N) is 1. The number of carbonyl (C=O) groups is 3. The topological polar surface area (TPSA) is 105 Å². The average molecular weight is 376 g/mol. The second-order valence-electron chi connectivity index (χ2n) is 5.34. The van der Waals surface area contributed by atoms with E-state index in [-0.39, 0.29) is 17.1 Å².